The molecule has 0 radical (unpaired) electrons. The van der Waals surface area contributed by atoms with Crippen LogP contribution in [-0.2, 0) is 6.42 Å². The van der Waals surface area contributed by atoms with Gasteiger partial charge in [-0.15, -0.1) is 0 Å². The van der Waals surface area contributed by atoms with Gasteiger partial charge in [0.2, 0.25) is 0 Å². The van der Waals surface area contributed by atoms with Crippen molar-refractivity contribution in [3.8, 4) is 0 Å². The molecular weight excluding hydrogens is 380 g/mol. The Morgan fingerprint density at radius 1 is 1.10 bits per heavy atom. The Hall–Kier alpha value is -0.250. The van der Waals surface area contributed by atoms with Crippen LogP contribution in [0.3, 0.4) is 0 Å². The number of likely N-dealkylation sites (N-methyl/N-ethyl adjacent to an activating group) is 1. The fourth-order valence-electron chi connectivity index (χ4n) is 2.06. The van der Waals surface area contributed by atoms with Crippen LogP contribution >= 0.6 is 50.7 Å². The smallest absolute Gasteiger partial charge is 0.0595 e. The predicted octanol–water partition coefficient (Wildman–Crippen LogP) is 5.91. The average molecular weight is 394 g/mol. The van der Waals surface area contributed by atoms with E-state index >= 15 is 0 Å². The normalized spacial score (nSPS) is 12.4. The van der Waals surface area contributed by atoms with Crippen LogP contribution in [0.15, 0.2) is 40.9 Å². The van der Waals surface area contributed by atoms with E-state index in [-0.39, 0.29) is 6.04 Å². The molecule has 0 aromatic heterocycles. The molecule has 1 unspecified atom stereocenters. The summed E-state index contributed by atoms with van der Waals surface area (Å²) in [5.74, 6) is 0. The van der Waals surface area contributed by atoms with Gasteiger partial charge in [0.15, 0.2) is 0 Å². The van der Waals surface area contributed by atoms with Crippen molar-refractivity contribution in [2.75, 3.05) is 7.05 Å². The van der Waals surface area contributed by atoms with Crippen LogP contribution in [0.1, 0.15) is 17.2 Å². The minimum Gasteiger partial charge on any atom is -0.313 e. The third-order valence-corrected chi connectivity index (χ3v) is 5.18. The summed E-state index contributed by atoms with van der Waals surface area (Å²) in [4.78, 5) is 0. The van der Waals surface area contributed by atoms with Crippen molar-refractivity contribution in [1.29, 1.82) is 0 Å². The fourth-order valence-corrected chi connectivity index (χ4v) is 3.02. The van der Waals surface area contributed by atoms with Crippen molar-refractivity contribution < 1.29 is 0 Å². The molecule has 0 saturated carbocycles. The van der Waals surface area contributed by atoms with Crippen molar-refractivity contribution in [2.45, 2.75) is 12.5 Å². The molecule has 2 rings (SSSR count). The second-order valence-corrected chi connectivity index (χ2v) is 6.48. The molecule has 1 nitrogen and oxygen atoms in total. The minimum atomic E-state index is 0.109. The maximum absolute atomic E-state index is 6.36. The second-order valence-electron chi connectivity index (χ2n) is 4.44. The van der Waals surface area contributed by atoms with Crippen LogP contribution in [0.5, 0.6) is 0 Å². The van der Waals surface area contributed by atoms with Gasteiger partial charge in [0, 0.05) is 10.5 Å². The van der Waals surface area contributed by atoms with Gasteiger partial charge in [0.25, 0.3) is 0 Å². The van der Waals surface area contributed by atoms with E-state index in [1.165, 1.54) is 0 Å². The Bertz CT molecular complexity index is 616. The van der Waals surface area contributed by atoms with E-state index in [2.05, 4.69) is 21.2 Å². The quantitative estimate of drug-likeness (QED) is 0.681. The summed E-state index contributed by atoms with van der Waals surface area (Å²) in [5.41, 5.74) is 2.16. The molecule has 2 aromatic carbocycles. The molecule has 0 aliphatic carbocycles. The SMILES string of the molecule is CNC(Cc1ccc(Cl)c(Cl)c1)c1cccc(Br)c1Cl. The summed E-state index contributed by atoms with van der Waals surface area (Å²) in [5, 5.41) is 5.15. The Morgan fingerprint density at radius 3 is 2.50 bits per heavy atom. The predicted molar refractivity (Wildman–Crippen MR) is 91.1 cm³/mol. The number of rotatable bonds is 4. The molecule has 0 spiro atoms. The summed E-state index contributed by atoms with van der Waals surface area (Å²) < 4.78 is 0.894. The van der Waals surface area contributed by atoms with Gasteiger partial charge in [0.05, 0.1) is 15.1 Å². The molecule has 106 valence electrons. The number of benzene rings is 2. The van der Waals surface area contributed by atoms with E-state index in [0.29, 0.717) is 10.0 Å². The van der Waals surface area contributed by atoms with Crippen LogP contribution in [0, 0.1) is 0 Å². The topological polar surface area (TPSA) is 12.0 Å². The van der Waals surface area contributed by atoms with E-state index < -0.39 is 0 Å². The van der Waals surface area contributed by atoms with Crippen molar-refractivity contribution in [3.63, 3.8) is 0 Å². The van der Waals surface area contributed by atoms with E-state index in [4.69, 9.17) is 34.8 Å². The van der Waals surface area contributed by atoms with E-state index in [1.807, 2.05) is 43.4 Å². The molecule has 0 aliphatic heterocycles. The van der Waals surface area contributed by atoms with Crippen LogP contribution in [0.25, 0.3) is 0 Å². The highest BCUT2D eigenvalue weighted by atomic mass is 79.9. The largest absolute Gasteiger partial charge is 0.313 e. The van der Waals surface area contributed by atoms with Gasteiger partial charge in [0.1, 0.15) is 0 Å². The molecule has 0 fully saturated rings. The zero-order valence-electron chi connectivity index (χ0n) is 10.8. The number of hydrogen-bond donors (Lipinski definition) is 1. The summed E-state index contributed by atoms with van der Waals surface area (Å²) in [6.45, 7) is 0. The summed E-state index contributed by atoms with van der Waals surface area (Å²) in [6.07, 6.45) is 0.781. The third-order valence-electron chi connectivity index (χ3n) is 3.13. The highest BCUT2D eigenvalue weighted by molar-refractivity contribution is 9.10. The lowest BCUT2D eigenvalue weighted by Crippen LogP contribution is -2.19. The van der Waals surface area contributed by atoms with Crippen molar-refractivity contribution in [1.82, 2.24) is 5.32 Å². The molecule has 0 bridgehead atoms. The molecule has 0 heterocycles. The van der Waals surface area contributed by atoms with Crippen molar-refractivity contribution >= 4 is 50.7 Å². The molecule has 1 N–H and O–H groups in total. The Morgan fingerprint density at radius 2 is 1.85 bits per heavy atom. The fraction of sp³-hybridized carbons (Fsp3) is 0.200. The van der Waals surface area contributed by atoms with Crippen LogP contribution in [0.4, 0.5) is 0 Å². The number of nitrogens with one attached hydrogen (secondary N) is 1. The highest BCUT2D eigenvalue weighted by Crippen LogP contribution is 2.32. The highest BCUT2D eigenvalue weighted by Gasteiger charge is 2.15. The van der Waals surface area contributed by atoms with E-state index in [0.717, 1.165) is 27.0 Å². The van der Waals surface area contributed by atoms with Gasteiger partial charge < -0.3 is 5.32 Å². The minimum absolute atomic E-state index is 0.109. The van der Waals surface area contributed by atoms with Gasteiger partial charge >= 0.3 is 0 Å². The van der Waals surface area contributed by atoms with E-state index in [9.17, 15) is 0 Å². The summed E-state index contributed by atoms with van der Waals surface area (Å²) in [6, 6.07) is 11.7. The van der Waals surface area contributed by atoms with Crippen LogP contribution < -0.4 is 5.32 Å². The molecule has 0 aliphatic rings. The van der Waals surface area contributed by atoms with Gasteiger partial charge in [-0.1, -0.05) is 53.0 Å². The lowest BCUT2D eigenvalue weighted by molar-refractivity contribution is 0.592. The first-order valence-corrected chi connectivity index (χ1v) is 8.00. The van der Waals surface area contributed by atoms with Crippen molar-refractivity contribution in [3.05, 3.63) is 67.1 Å². The molecular formula is C15H13BrCl3N. The molecule has 0 saturated heterocycles. The molecule has 5 heteroatoms. The van der Waals surface area contributed by atoms with Crippen LogP contribution in [0.2, 0.25) is 15.1 Å². The lowest BCUT2D eigenvalue weighted by atomic mass is 9.99. The lowest BCUT2D eigenvalue weighted by Gasteiger charge is -2.19. The third kappa shape index (κ3) is 3.69. The maximum atomic E-state index is 6.36. The monoisotopic (exact) mass is 391 g/mol. The maximum Gasteiger partial charge on any atom is 0.0595 e. The Labute approximate surface area is 142 Å². The zero-order chi connectivity index (χ0) is 14.7. The van der Waals surface area contributed by atoms with E-state index in [1.54, 1.807) is 0 Å². The van der Waals surface area contributed by atoms with Gasteiger partial charge in [-0.2, -0.15) is 0 Å². The summed E-state index contributed by atoms with van der Waals surface area (Å²) >= 11 is 21.8. The number of halogens is 4. The van der Waals surface area contributed by atoms with Crippen LogP contribution in [-0.4, -0.2) is 7.05 Å². The van der Waals surface area contributed by atoms with Gasteiger partial charge in [-0.25, -0.2) is 0 Å². The first-order valence-electron chi connectivity index (χ1n) is 6.08. The molecule has 1 atom stereocenters. The second kappa shape index (κ2) is 7.15. The first-order chi connectivity index (χ1) is 9.52. The standard InChI is InChI=1S/C15H13BrCl3N/c1-20-14(10-3-2-4-11(16)15(10)19)8-9-5-6-12(17)13(18)7-9/h2-7,14,20H,8H2,1H3. The molecule has 0 amide bonds. The zero-order valence-corrected chi connectivity index (χ0v) is 14.6. The molecule has 20 heavy (non-hydrogen) atoms. The van der Waals surface area contributed by atoms with Gasteiger partial charge in [-0.3, -0.25) is 0 Å². The number of hydrogen-bond acceptors (Lipinski definition) is 1. The first kappa shape index (κ1) is 16.1. The van der Waals surface area contributed by atoms with Gasteiger partial charge in [-0.05, 0) is 58.7 Å². The summed E-state index contributed by atoms with van der Waals surface area (Å²) in [7, 11) is 1.92. The van der Waals surface area contributed by atoms with Crippen molar-refractivity contribution in [2.24, 2.45) is 0 Å². The Kier molecular flexibility index (Phi) is 5.76. The average Bonchev–Trinajstić information content (AvgIpc) is 2.43. The Balaban J connectivity index is 2.28. The molecule has 2 aromatic rings.